The van der Waals surface area contributed by atoms with Crippen LogP contribution in [0.1, 0.15) is 12.7 Å². The lowest BCUT2D eigenvalue weighted by Gasteiger charge is -2.03. The summed E-state index contributed by atoms with van der Waals surface area (Å²) < 4.78 is 9.37. The fourth-order valence-corrected chi connectivity index (χ4v) is 1.44. The maximum absolute atomic E-state index is 5.32. The van der Waals surface area contributed by atoms with Gasteiger partial charge in [-0.1, -0.05) is 12.2 Å². The third kappa shape index (κ3) is 4.34. The summed E-state index contributed by atoms with van der Waals surface area (Å²) in [6, 6.07) is 0. The Kier molecular flexibility index (Phi) is 4.55. The van der Waals surface area contributed by atoms with Crippen LogP contribution < -0.4 is 5.32 Å². The smallest absolute Gasteiger partial charge is 0.202 e. The zero-order valence-corrected chi connectivity index (χ0v) is 9.36. The Morgan fingerprint density at radius 3 is 3.00 bits per heavy atom. The van der Waals surface area contributed by atoms with E-state index < -0.39 is 0 Å². The zero-order chi connectivity index (χ0) is 10.4. The van der Waals surface area contributed by atoms with Crippen molar-refractivity contribution in [3.05, 3.63) is 18.0 Å². The molecule has 1 heterocycles. The van der Waals surface area contributed by atoms with Gasteiger partial charge in [0.2, 0.25) is 5.13 Å². The lowest BCUT2D eigenvalue weighted by Crippen LogP contribution is -2.10. The van der Waals surface area contributed by atoms with Gasteiger partial charge in [-0.15, -0.1) is 0 Å². The highest BCUT2D eigenvalue weighted by atomic mass is 32.1. The molecule has 0 atom stereocenters. The average Bonchev–Trinajstić information content (AvgIpc) is 2.50. The predicted molar refractivity (Wildman–Crippen MR) is 58.8 cm³/mol. The molecule has 0 saturated carbocycles. The van der Waals surface area contributed by atoms with Gasteiger partial charge in [-0.3, -0.25) is 0 Å². The van der Waals surface area contributed by atoms with E-state index in [1.807, 2.05) is 13.8 Å². The number of nitrogens with one attached hydrogen (secondary N) is 1. The van der Waals surface area contributed by atoms with Crippen LogP contribution >= 0.6 is 11.5 Å². The molecule has 14 heavy (non-hydrogen) atoms. The fourth-order valence-electron chi connectivity index (χ4n) is 0.845. The topological polar surface area (TPSA) is 47.0 Å². The van der Waals surface area contributed by atoms with E-state index in [1.54, 1.807) is 0 Å². The highest BCUT2D eigenvalue weighted by molar-refractivity contribution is 7.09. The Morgan fingerprint density at radius 2 is 2.43 bits per heavy atom. The molecule has 0 aliphatic heterocycles. The molecule has 5 heteroatoms. The largest absolute Gasteiger partial charge is 0.375 e. The van der Waals surface area contributed by atoms with Gasteiger partial charge in [0, 0.05) is 18.1 Å². The van der Waals surface area contributed by atoms with Crippen molar-refractivity contribution in [1.82, 2.24) is 9.36 Å². The maximum atomic E-state index is 5.32. The van der Waals surface area contributed by atoms with E-state index >= 15 is 0 Å². The van der Waals surface area contributed by atoms with Gasteiger partial charge in [0.15, 0.2) is 0 Å². The summed E-state index contributed by atoms with van der Waals surface area (Å²) in [5, 5.41) is 3.98. The summed E-state index contributed by atoms with van der Waals surface area (Å²) in [6.45, 7) is 9.60. The first-order chi connectivity index (χ1) is 6.68. The van der Waals surface area contributed by atoms with E-state index in [9.17, 15) is 0 Å². The van der Waals surface area contributed by atoms with Crippen molar-refractivity contribution >= 4 is 16.7 Å². The highest BCUT2D eigenvalue weighted by Crippen LogP contribution is 2.08. The molecule has 0 aliphatic rings. The molecule has 0 bridgehead atoms. The van der Waals surface area contributed by atoms with Crippen molar-refractivity contribution in [2.75, 3.05) is 25.1 Å². The highest BCUT2D eigenvalue weighted by Gasteiger charge is 1.97. The van der Waals surface area contributed by atoms with Gasteiger partial charge in [0.25, 0.3) is 0 Å². The third-order valence-electron chi connectivity index (χ3n) is 1.40. The van der Waals surface area contributed by atoms with Gasteiger partial charge in [0.1, 0.15) is 5.82 Å². The number of anilines is 1. The number of ether oxygens (including phenoxy) is 1. The maximum Gasteiger partial charge on any atom is 0.202 e. The van der Waals surface area contributed by atoms with Crippen molar-refractivity contribution in [2.24, 2.45) is 0 Å². The Bertz CT molecular complexity index is 298. The van der Waals surface area contributed by atoms with E-state index in [0.717, 1.165) is 23.1 Å². The lowest BCUT2D eigenvalue weighted by molar-refractivity contribution is 0.167. The molecular weight excluding hydrogens is 198 g/mol. The van der Waals surface area contributed by atoms with Crippen molar-refractivity contribution < 1.29 is 4.74 Å². The number of aromatic nitrogens is 2. The molecule has 78 valence electrons. The molecule has 0 saturated heterocycles. The fraction of sp³-hybridized carbons (Fsp3) is 0.556. The molecule has 0 amide bonds. The number of hydrogen-bond acceptors (Lipinski definition) is 5. The SMILES string of the molecule is C=C(C)COCCNc1nc(C)ns1. The summed E-state index contributed by atoms with van der Waals surface area (Å²) in [5.74, 6) is 0.806. The van der Waals surface area contributed by atoms with Crippen molar-refractivity contribution in [2.45, 2.75) is 13.8 Å². The van der Waals surface area contributed by atoms with Gasteiger partial charge in [-0.05, 0) is 13.8 Å². The minimum absolute atomic E-state index is 0.622. The quantitative estimate of drug-likeness (QED) is 0.578. The summed E-state index contributed by atoms with van der Waals surface area (Å²) in [5.41, 5.74) is 1.04. The van der Waals surface area contributed by atoms with Crippen LogP contribution in [-0.2, 0) is 4.74 Å². The second-order valence-electron chi connectivity index (χ2n) is 3.08. The van der Waals surface area contributed by atoms with E-state index in [-0.39, 0.29) is 0 Å². The van der Waals surface area contributed by atoms with Crippen LogP contribution in [0.4, 0.5) is 5.13 Å². The van der Waals surface area contributed by atoms with Crippen LogP contribution in [0.5, 0.6) is 0 Å². The van der Waals surface area contributed by atoms with Gasteiger partial charge >= 0.3 is 0 Å². The molecule has 0 fully saturated rings. The van der Waals surface area contributed by atoms with E-state index in [4.69, 9.17) is 4.74 Å². The van der Waals surface area contributed by atoms with Crippen LogP contribution in [-0.4, -0.2) is 29.1 Å². The molecule has 0 radical (unpaired) electrons. The first-order valence-corrected chi connectivity index (χ1v) is 5.22. The second kappa shape index (κ2) is 5.72. The molecule has 1 aromatic heterocycles. The molecule has 0 aromatic carbocycles. The Morgan fingerprint density at radius 1 is 1.64 bits per heavy atom. The number of hydrogen-bond donors (Lipinski definition) is 1. The molecule has 0 unspecified atom stereocenters. The van der Waals surface area contributed by atoms with E-state index in [1.165, 1.54) is 11.5 Å². The first kappa shape index (κ1) is 11.1. The Labute approximate surface area is 88.2 Å². The first-order valence-electron chi connectivity index (χ1n) is 4.45. The Balaban J connectivity index is 2.07. The van der Waals surface area contributed by atoms with Crippen molar-refractivity contribution in [3.8, 4) is 0 Å². The van der Waals surface area contributed by atoms with E-state index in [2.05, 4.69) is 21.3 Å². The Hall–Kier alpha value is -0.940. The van der Waals surface area contributed by atoms with Crippen molar-refractivity contribution in [3.63, 3.8) is 0 Å². The minimum Gasteiger partial charge on any atom is -0.375 e. The van der Waals surface area contributed by atoms with Crippen LogP contribution in [0.3, 0.4) is 0 Å². The van der Waals surface area contributed by atoms with Gasteiger partial charge in [-0.2, -0.15) is 4.37 Å². The summed E-state index contributed by atoms with van der Waals surface area (Å²) in [6.07, 6.45) is 0. The van der Waals surface area contributed by atoms with Crippen LogP contribution in [0.25, 0.3) is 0 Å². The standard InChI is InChI=1S/C9H15N3OS/c1-7(2)6-13-5-4-10-9-11-8(3)12-14-9/h1,4-6H2,2-3H3,(H,10,11,12). The van der Waals surface area contributed by atoms with Crippen LogP contribution in [0.2, 0.25) is 0 Å². The van der Waals surface area contributed by atoms with E-state index in [0.29, 0.717) is 13.2 Å². The van der Waals surface area contributed by atoms with Crippen molar-refractivity contribution in [1.29, 1.82) is 0 Å². The monoisotopic (exact) mass is 213 g/mol. The average molecular weight is 213 g/mol. The number of aryl methyl sites for hydroxylation is 1. The molecule has 0 aliphatic carbocycles. The van der Waals surface area contributed by atoms with Gasteiger partial charge in [-0.25, -0.2) is 4.98 Å². The zero-order valence-electron chi connectivity index (χ0n) is 8.54. The summed E-state index contributed by atoms with van der Waals surface area (Å²) >= 11 is 1.37. The second-order valence-corrected chi connectivity index (χ2v) is 3.84. The molecule has 1 aromatic rings. The lowest BCUT2D eigenvalue weighted by atomic mass is 10.4. The normalized spacial score (nSPS) is 10.1. The molecule has 0 spiro atoms. The molecule has 4 nitrogen and oxygen atoms in total. The number of rotatable bonds is 6. The third-order valence-corrected chi connectivity index (χ3v) is 2.16. The van der Waals surface area contributed by atoms with Gasteiger partial charge in [0.05, 0.1) is 13.2 Å². The van der Waals surface area contributed by atoms with Crippen LogP contribution in [0, 0.1) is 6.92 Å². The molecule has 1 N–H and O–H groups in total. The summed E-state index contributed by atoms with van der Waals surface area (Å²) in [7, 11) is 0. The minimum atomic E-state index is 0.622. The van der Waals surface area contributed by atoms with Gasteiger partial charge < -0.3 is 10.1 Å². The number of nitrogens with zero attached hydrogens (tertiary/aromatic N) is 2. The summed E-state index contributed by atoms with van der Waals surface area (Å²) in [4.78, 5) is 4.17. The molecule has 1 rings (SSSR count). The van der Waals surface area contributed by atoms with Crippen LogP contribution in [0.15, 0.2) is 12.2 Å². The molecular formula is C9H15N3OS. The predicted octanol–water partition coefficient (Wildman–Crippen LogP) is 1.85.